The third-order valence-electron chi connectivity index (χ3n) is 3.70. The van der Waals surface area contributed by atoms with Crippen molar-refractivity contribution < 1.29 is 14.1 Å². The number of rotatable bonds is 3. The monoisotopic (exact) mass is 321 g/mol. The van der Waals surface area contributed by atoms with E-state index in [1.54, 1.807) is 29.8 Å². The molecule has 1 saturated heterocycles. The fourth-order valence-corrected chi connectivity index (χ4v) is 3.14. The summed E-state index contributed by atoms with van der Waals surface area (Å²) in [4.78, 5) is 34.4. The van der Waals surface area contributed by atoms with Gasteiger partial charge >= 0.3 is 0 Å². The first-order valence-corrected chi connectivity index (χ1v) is 7.73. The number of hydrogen-bond donors (Lipinski definition) is 1. The number of nitrogens with one attached hydrogen (secondary N) is 1. The predicted octanol–water partition coefficient (Wildman–Crippen LogP) is 0.436. The van der Waals surface area contributed by atoms with Crippen LogP contribution in [-0.2, 0) is 4.79 Å². The second kappa shape index (κ2) is 5.84. The molecule has 3 heterocycles. The smallest absolute Gasteiger partial charge is 0.273 e. The van der Waals surface area contributed by atoms with E-state index in [0.29, 0.717) is 30.5 Å². The van der Waals surface area contributed by atoms with E-state index in [2.05, 4.69) is 20.4 Å². The largest absolute Gasteiger partial charge is 0.359 e. The molecule has 2 aromatic rings. The third kappa shape index (κ3) is 2.59. The summed E-state index contributed by atoms with van der Waals surface area (Å²) in [6.07, 6.45) is 0. The highest BCUT2D eigenvalue weighted by Gasteiger charge is 2.43. The van der Waals surface area contributed by atoms with E-state index in [1.165, 1.54) is 11.3 Å². The highest BCUT2D eigenvalue weighted by Crippen LogP contribution is 2.32. The number of hydrogen-bond acceptors (Lipinski definition) is 7. The van der Waals surface area contributed by atoms with Gasteiger partial charge in [0.05, 0.1) is 17.3 Å². The van der Waals surface area contributed by atoms with Gasteiger partial charge in [-0.3, -0.25) is 9.59 Å². The van der Waals surface area contributed by atoms with Crippen molar-refractivity contribution in [1.29, 1.82) is 0 Å². The van der Waals surface area contributed by atoms with Crippen LogP contribution in [0.2, 0.25) is 0 Å². The van der Waals surface area contributed by atoms with E-state index in [-0.39, 0.29) is 17.7 Å². The summed E-state index contributed by atoms with van der Waals surface area (Å²) in [5.41, 5.74) is 2.00. The Kier molecular flexibility index (Phi) is 3.88. The lowest BCUT2D eigenvalue weighted by Crippen LogP contribution is -2.33. The molecule has 0 unspecified atom stereocenters. The van der Waals surface area contributed by atoms with Crippen molar-refractivity contribution in [3.8, 4) is 0 Å². The quantitative estimate of drug-likeness (QED) is 0.880. The summed E-state index contributed by atoms with van der Waals surface area (Å²) in [6, 6.07) is 0. The summed E-state index contributed by atoms with van der Waals surface area (Å²) in [6.45, 7) is 2.38. The Hall–Kier alpha value is -2.29. The summed E-state index contributed by atoms with van der Waals surface area (Å²) in [7, 11) is 1.57. The maximum Gasteiger partial charge on any atom is 0.273 e. The van der Waals surface area contributed by atoms with Crippen LogP contribution in [0.4, 0.5) is 0 Å². The Morgan fingerprint density at radius 3 is 2.86 bits per heavy atom. The third-order valence-corrected chi connectivity index (χ3v) is 4.29. The normalized spacial score (nSPS) is 21.1. The zero-order valence-electron chi connectivity index (χ0n) is 12.1. The summed E-state index contributed by atoms with van der Waals surface area (Å²) >= 11 is 1.36. The minimum Gasteiger partial charge on any atom is -0.359 e. The van der Waals surface area contributed by atoms with Gasteiger partial charge in [0.1, 0.15) is 5.69 Å². The van der Waals surface area contributed by atoms with Crippen LogP contribution in [0.3, 0.4) is 0 Å². The lowest BCUT2D eigenvalue weighted by Gasteiger charge is -2.14. The minimum atomic E-state index is -0.410. The lowest BCUT2D eigenvalue weighted by molar-refractivity contribution is -0.124. The highest BCUT2D eigenvalue weighted by molar-refractivity contribution is 7.07. The second-order valence-corrected chi connectivity index (χ2v) is 5.81. The average molecular weight is 321 g/mol. The summed E-state index contributed by atoms with van der Waals surface area (Å²) < 4.78 is 5.20. The van der Waals surface area contributed by atoms with E-state index in [4.69, 9.17) is 4.52 Å². The summed E-state index contributed by atoms with van der Waals surface area (Å²) in [5, 5.41) is 8.09. The Bertz CT molecular complexity index is 684. The van der Waals surface area contributed by atoms with Gasteiger partial charge in [0.2, 0.25) is 11.8 Å². The van der Waals surface area contributed by atoms with Crippen molar-refractivity contribution in [2.24, 2.45) is 5.92 Å². The maximum absolute atomic E-state index is 12.4. The van der Waals surface area contributed by atoms with Crippen LogP contribution in [0.25, 0.3) is 0 Å². The van der Waals surface area contributed by atoms with Crippen LogP contribution >= 0.6 is 11.3 Å². The van der Waals surface area contributed by atoms with Crippen LogP contribution in [0.1, 0.15) is 28.1 Å². The molecule has 1 N–H and O–H groups in total. The number of thiazole rings is 1. The summed E-state index contributed by atoms with van der Waals surface area (Å²) in [5.74, 6) is -0.144. The number of likely N-dealkylation sites (tertiary alicyclic amines) is 1. The first-order chi connectivity index (χ1) is 10.6. The van der Waals surface area contributed by atoms with Gasteiger partial charge in [0.25, 0.3) is 5.91 Å². The number of aryl methyl sites for hydroxylation is 1. The molecule has 0 bridgehead atoms. The first kappa shape index (κ1) is 14.6. The van der Waals surface area contributed by atoms with Gasteiger partial charge in [0.15, 0.2) is 5.82 Å². The van der Waals surface area contributed by atoms with Gasteiger partial charge < -0.3 is 14.7 Å². The average Bonchev–Trinajstić information content (AvgIpc) is 3.25. The van der Waals surface area contributed by atoms with E-state index in [9.17, 15) is 9.59 Å². The minimum absolute atomic E-state index is 0.144. The molecule has 0 aromatic carbocycles. The van der Waals surface area contributed by atoms with Gasteiger partial charge in [-0.15, -0.1) is 11.3 Å². The molecule has 8 nitrogen and oxygen atoms in total. The van der Waals surface area contributed by atoms with Crippen LogP contribution in [0.5, 0.6) is 0 Å². The molecule has 9 heteroatoms. The molecule has 3 rings (SSSR count). The fourth-order valence-electron chi connectivity index (χ4n) is 2.61. The van der Waals surface area contributed by atoms with E-state index in [1.807, 2.05) is 0 Å². The molecular formula is C13H15N5O3S. The number of carbonyl (C=O) groups is 2. The van der Waals surface area contributed by atoms with Crippen LogP contribution < -0.4 is 5.32 Å². The number of aromatic nitrogens is 3. The number of carbonyl (C=O) groups excluding carboxylic acids is 2. The van der Waals surface area contributed by atoms with Crippen LogP contribution in [0, 0.1) is 12.8 Å². The zero-order chi connectivity index (χ0) is 15.7. The SMILES string of the molecule is CNC(=O)[C@@H]1CN(C(=O)c2cscn2)C[C@H]1c1nc(C)no1. The molecule has 22 heavy (non-hydrogen) atoms. The number of amides is 2. The van der Waals surface area contributed by atoms with Crippen molar-refractivity contribution in [3.63, 3.8) is 0 Å². The topological polar surface area (TPSA) is 101 Å². The molecule has 0 aliphatic carbocycles. The molecule has 0 saturated carbocycles. The Labute approximate surface area is 130 Å². The molecule has 1 aliphatic heterocycles. The molecule has 1 fully saturated rings. The van der Waals surface area contributed by atoms with Crippen molar-refractivity contribution in [2.45, 2.75) is 12.8 Å². The maximum atomic E-state index is 12.4. The Balaban J connectivity index is 1.85. The lowest BCUT2D eigenvalue weighted by atomic mass is 9.95. The molecular weight excluding hydrogens is 306 g/mol. The highest BCUT2D eigenvalue weighted by atomic mass is 32.1. The van der Waals surface area contributed by atoms with Gasteiger partial charge in [0, 0.05) is 25.5 Å². The molecule has 116 valence electrons. The second-order valence-electron chi connectivity index (χ2n) is 5.09. The van der Waals surface area contributed by atoms with E-state index in [0.717, 1.165) is 0 Å². The first-order valence-electron chi connectivity index (χ1n) is 6.79. The van der Waals surface area contributed by atoms with Gasteiger partial charge in [-0.2, -0.15) is 4.98 Å². The zero-order valence-corrected chi connectivity index (χ0v) is 13.0. The molecule has 2 atom stereocenters. The molecule has 1 aliphatic rings. The van der Waals surface area contributed by atoms with Gasteiger partial charge in [-0.25, -0.2) is 4.98 Å². The van der Waals surface area contributed by atoms with Gasteiger partial charge in [-0.1, -0.05) is 5.16 Å². The molecule has 2 amide bonds. The van der Waals surface area contributed by atoms with Crippen LogP contribution in [0.15, 0.2) is 15.4 Å². The van der Waals surface area contributed by atoms with E-state index >= 15 is 0 Å². The van der Waals surface area contributed by atoms with Gasteiger partial charge in [-0.05, 0) is 6.92 Å². The molecule has 0 spiro atoms. The Morgan fingerprint density at radius 2 is 2.27 bits per heavy atom. The van der Waals surface area contributed by atoms with Crippen molar-refractivity contribution in [3.05, 3.63) is 28.3 Å². The predicted molar refractivity (Wildman–Crippen MR) is 77.4 cm³/mol. The van der Waals surface area contributed by atoms with Crippen molar-refractivity contribution in [1.82, 2.24) is 25.3 Å². The molecule has 0 radical (unpaired) electrons. The fraction of sp³-hybridized carbons (Fsp3) is 0.462. The molecule has 2 aromatic heterocycles. The van der Waals surface area contributed by atoms with Crippen molar-refractivity contribution >= 4 is 23.2 Å². The van der Waals surface area contributed by atoms with E-state index < -0.39 is 5.92 Å². The Morgan fingerprint density at radius 1 is 1.45 bits per heavy atom. The van der Waals surface area contributed by atoms with Crippen molar-refractivity contribution in [2.75, 3.05) is 20.1 Å². The standard InChI is InChI=1S/C13H15N5O3S/c1-7-16-12(21-17-7)9-4-18(3-8(9)11(19)14-2)13(20)10-5-22-6-15-10/h5-6,8-9H,3-4H2,1-2H3,(H,14,19)/t8-,9-/m1/s1. The van der Waals surface area contributed by atoms with Crippen LogP contribution in [-0.4, -0.2) is 52.0 Å². The number of nitrogens with zero attached hydrogens (tertiary/aromatic N) is 4.